The minimum Gasteiger partial charge on any atom is -0.385 e. The van der Waals surface area contributed by atoms with Crippen LogP contribution in [-0.4, -0.2) is 23.7 Å². The molecule has 1 aromatic heterocycles. The number of aryl methyl sites for hydroxylation is 1. The molecule has 2 N–H and O–H groups in total. The van der Waals surface area contributed by atoms with Gasteiger partial charge in [0.15, 0.2) is 0 Å². The van der Waals surface area contributed by atoms with Crippen LogP contribution in [0.1, 0.15) is 17.4 Å². The van der Waals surface area contributed by atoms with E-state index in [2.05, 4.69) is 10.3 Å². The Hall–Kier alpha value is -0.930. The third-order valence-corrected chi connectivity index (χ3v) is 1.76. The maximum absolute atomic E-state index is 9.58. The van der Waals surface area contributed by atoms with E-state index in [4.69, 9.17) is 0 Å². The van der Waals surface area contributed by atoms with Gasteiger partial charge in [-0.3, -0.25) is 4.98 Å². The molecule has 0 saturated heterocycles. The van der Waals surface area contributed by atoms with Gasteiger partial charge in [-0.15, -0.1) is 0 Å². The summed E-state index contributed by atoms with van der Waals surface area (Å²) in [7, 11) is 1.81. The van der Waals surface area contributed by atoms with Gasteiger partial charge in [-0.1, -0.05) is 6.07 Å². The van der Waals surface area contributed by atoms with E-state index in [9.17, 15) is 5.11 Å². The van der Waals surface area contributed by atoms with E-state index in [0.717, 1.165) is 11.3 Å². The first-order valence-electron chi connectivity index (χ1n) is 4.00. The van der Waals surface area contributed by atoms with Gasteiger partial charge in [0, 0.05) is 12.7 Å². The minimum absolute atomic E-state index is 0.504. The fourth-order valence-corrected chi connectivity index (χ4v) is 1.14. The van der Waals surface area contributed by atoms with Crippen LogP contribution >= 0.6 is 0 Å². The number of rotatable bonds is 3. The van der Waals surface area contributed by atoms with E-state index in [1.165, 1.54) is 0 Å². The second kappa shape index (κ2) is 4.18. The normalized spacial score (nSPS) is 12.9. The summed E-state index contributed by atoms with van der Waals surface area (Å²) >= 11 is 0. The Morgan fingerprint density at radius 1 is 1.67 bits per heavy atom. The number of aliphatic hydroxyl groups excluding tert-OH is 1. The third-order valence-electron chi connectivity index (χ3n) is 1.76. The van der Waals surface area contributed by atoms with Gasteiger partial charge >= 0.3 is 0 Å². The summed E-state index contributed by atoms with van der Waals surface area (Å²) in [5.74, 6) is 0. The van der Waals surface area contributed by atoms with Gasteiger partial charge in [0.1, 0.15) is 6.10 Å². The molecule has 0 amide bonds. The Labute approximate surface area is 72.5 Å². The molecule has 0 spiro atoms. The first kappa shape index (κ1) is 9.16. The van der Waals surface area contributed by atoms with Crippen molar-refractivity contribution in [1.29, 1.82) is 0 Å². The number of likely N-dealkylation sites (N-methyl/N-ethyl adjacent to an activating group) is 1. The van der Waals surface area contributed by atoms with Crippen molar-refractivity contribution in [2.24, 2.45) is 0 Å². The molecule has 0 aliphatic heterocycles. The summed E-state index contributed by atoms with van der Waals surface area (Å²) in [6, 6.07) is 3.81. The molecule has 1 atom stereocenters. The molecule has 0 fully saturated rings. The Morgan fingerprint density at radius 2 is 2.42 bits per heavy atom. The predicted octanol–water partition coefficient (Wildman–Crippen LogP) is 0.643. The van der Waals surface area contributed by atoms with Crippen LogP contribution in [-0.2, 0) is 0 Å². The summed E-state index contributed by atoms with van der Waals surface area (Å²) in [5, 5.41) is 12.5. The van der Waals surface area contributed by atoms with Crippen LogP contribution in [0.25, 0.3) is 0 Å². The van der Waals surface area contributed by atoms with Crippen LogP contribution in [0.2, 0.25) is 0 Å². The molecule has 12 heavy (non-hydrogen) atoms. The predicted molar refractivity (Wildman–Crippen MR) is 47.9 cm³/mol. The van der Waals surface area contributed by atoms with Crippen LogP contribution in [0.4, 0.5) is 0 Å². The van der Waals surface area contributed by atoms with Crippen molar-refractivity contribution in [1.82, 2.24) is 10.3 Å². The van der Waals surface area contributed by atoms with Gasteiger partial charge < -0.3 is 10.4 Å². The number of nitrogens with zero attached hydrogens (tertiary/aromatic N) is 1. The lowest BCUT2D eigenvalue weighted by Crippen LogP contribution is -2.18. The molecule has 1 rings (SSSR count). The molecule has 0 saturated carbocycles. The fourth-order valence-electron chi connectivity index (χ4n) is 1.14. The zero-order valence-corrected chi connectivity index (χ0v) is 7.41. The van der Waals surface area contributed by atoms with E-state index < -0.39 is 6.10 Å². The van der Waals surface area contributed by atoms with Gasteiger partial charge in [-0.05, 0) is 25.6 Å². The molecule has 1 heterocycles. The first-order valence-corrected chi connectivity index (χ1v) is 4.00. The largest absolute Gasteiger partial charge is 0.385 e. The lowest BCUT2D eigenvalue weighted by atomic mass is 10.1. The molecule has 0 radical (unpaired) electrons. The highest BCUT2D eigenvalue weighted by molar-refractivity contribution is 5.19. The smallest absolute Gasteiger partial charge is 0.109 e. The Balaban J connectivity index is 2.79. The lowest BCUT2D eigenvalue weighted by Gasteiger charge is -2.10. The van der Waals surface area contributed by atoms with Crippen LogP contribution in [0.5, 0.6) is 0 Å². The van der Waals surface area contributed by atoms with Crippen molar-refractivity contribution in [3.8, 4) is 0 Å². The van der Waals surface area contributed by atoms with Gasteiger partial charge in [0.25, 0.3) is 0 Å². The summed E-state index contributed by atoms with van der Waals surface area (Å²) in [4.78, 5) is 4.11. The average Bonchev–Trinajstić information content (AvgIpc) is 2.05. The maximum atomic E-state index is 9.58. The molecular formula is C9H14N2O. The molecule has 3 heteroatoms. The topological polar surface area (TPSA) is 45.1 Å². The number of pyridine rings is 1. The molecule has 0 aromatic carbocycles. The summed E-state index contributed by atoms with van der Waals surface area (Å²) in [6.07, 6.45) is 1.19. The van der Waals surface area contributed by atoms with Gasteiger partial charge in [-0.2, -0.15) is 0 Å². The lowest BCUT2D eigenvalue weighted by molar-refractivity contribution is 0.172. The molecule has 1 unspecified atom stereocenters. The van der Waals surface area contributed by atoms with Crippen molar-refractivity contribution < 1.29 is 5.11 Å². The van der Waals surface area contributed by atoms with Gasteiger partial charge in [-0.25, -0.2) is 0 Å². The SMILES string of the molecule is CNCC(O)c1ncccc1C. The highest BCUT2D eigenvalue weighted by Gasteiger charge is 2.09. The van der Waals surface area contributed by atoms with Gasteiger partial charge in [0.2, 0.25) is 0 Å². The van der Waals surface area contributed by atoms with Crippen LogP contribution in [0.15, 0.2) is 18.3 Å². The Morgan fingerprint density at radius 3 is 3.00 bits per heavy atom. The molecule has 0 aliphatic rings. The monoisotopic (exact) mass is 166 g/mol. The maximum Gasteiger partial charge on any atom is 0.109 e. The number of aliphatic hydroxyl groups is 1. The Kier molecular flexibility index (Phi) is 3.19. The molecule has 3 nitrogen and oxygen atoms in total. The molecule has 1 aromatic rings. The first-order chi connectivity index (χ1) is 5.75. The van der Waals surface area contributed by atoms with Gasteiger partial charge in [0.05, 0.1) is 5.69 Å². The van der Waals surface area contributed by atoms with Crippen molar-refractivity contribution in [2.45, 2.75) is 13.0 Å². The quantitative estimate of drug-likeness (QED) is 0.692. The minimum atomic E-state index is -0.504. The van der Waals surface area contributed by atoms with E-state index in [-0.39, 0.29) is 0 Å². The number of hydrogen-bond acceptors (Lipinski definition) is 3. The number of aromatic nitrogens is 1. The van der Waals surface area contributed by atoms with Crippen molar-refractivity contribution in [2.75, 3.05) is 13.6 Å². The zero-order valence-electron chi connectivity index (χ0n) is 7.41. The Bertz CT molecular complexity index is 250. The highest BCUT2D eigenvalue weighted by atomic mass is 16.3. The van der Waals surface area contributed by atoms with E-state index in [0.29, 0.717) is 6.54 Å². The van der Waals surface area contributed by atoms with E-state index >= 15 is 0 Å². The van der Waals surface area contributed by atoms with Crippen LogP contribution in [0, 0.1) is 6.92 Å². The summed E-state index contributed by atoms with van der Waals surface area (Å²) in [6.45, 7) is 2.49. The third kappa shape index (κ3) is 2.03. The number of hydrogen-bond donors (Lipinski definition) is 2. The molecular weight excluding hydrogens is 152 g/mol. The number of nitrogens with one attached hydrogen (secondary N) is 1. The zero-order chi connectivity index (χ0) is 8.97. The van der Waals surface area contributed by atoms with Crippen molar-refractivity contribution in [3.05, 3.63) is 29.6 Å². The molecule has 66 valence electrons. The average molecular weight is 166 g/mol. The fraction of sp³-hybridized carbons (Fsp3) is 0.444. The second-order valence-corrected chi connectivity index (χ2v) is 2.78. The summed E-state index contributed by atoms with van der Waals surface area (Å²) in [5.41, 5.74) is 1.78. The van der Waals surface area contributed by atoms with Crippen molar-refractivity contribution in [3.63, 3.8) is 0 Å². The highest BCUT2D eigenvalue weighted by Crippen LogP contribution is 2.12. The van der Waals surface area contributed by atoms with Crippen molar-refractivity contribution >= 4 is 0 Å². The van der Waals surface area contributed by atoms with Crippen LogP contribution < -0.4 is 5.32 Å². The standard InChI is InChI=1S/C9H14N2O/c1-7-4-3-5-11-9(7)8(12)6-10-2/h3-5,8,10,12H,6H2,1-2H3. The summed E-state index contributed by atoms with van der Waals surface area (Å²) < 4.78 is 0. The molecule has 0 aliphatic carbocycles. The second-order valence-electron chi connectivity index (χ2n) is 2.78. The molecule has 0 bridgehead atoms. The van der Waals surface area contributed by atoms with E-state index in [1.54, 1.807) is 6.20 Å². The van der Waals surface area contributed by atoms with Crippen LogP contribution in [0.3, 0.4) is 0 Å². The van der Waals surface area contributed by atoms with E-state index in [1.807, 2.05) is 26.1 Å².